The highest BCUT2D eigenvalue weighted by Gasteiger charge is 2.56. The highest BCUT2D eigenvalue weighted by Crippen LogP contribution is 2.34. The standard InChI is InChI=1S/C29H36N2O14/c1-7-11-40-12-10-23(37)31(5)14-22(36)30-20-13-19(15-32)8-9-21(20)44-29-27(43-18(4)35)25(42-17(3)34)24(41-16(2)33)26(45-29)28(38)39-6/h1,8-9,13,24-27,29,32H,10-12,14-15H2,2-6H3,(H,30,36). The fourth-order valence-corrected chi connectivity index (χ4v) is 4.15. The van der Waals surface area contributed by atoms with Crippen molar-refractivity contribution in [3.05, 3.63) is 23.8 Å². The van der Waals surface area contributed by atoms with Crippen LogP contribution in [0.15, 0.2) is 18.2 Å². The Labute approximate surface area is 259 Å². The molecule has 0 radical (unpaired) electrons. The van der Waals surface area contributed by atoms with Crippen molar-refractivity contribution in [2.45, 2.75) is 64.5 Å². The minimum Gasteiger partial charge on any atom is -0.467 e. The molecule has 0 saturated carbocycles. The molecule has 0 aromatic heterocycles. The van der Waals surface area contributed by atoms with E-state index in [2.05, 4.69) is 11.2 Å². The van der Waals surface area contributed by atoms with Gasteiger partial charge in [-0.1, -0.05) is 12.0 Å². The van der Waals surface area contributed by atoms with E-state index in [9.17, 15) is 33.9 Å². The molecule has 2 N–H and O–H groups in total. The van der Waals surface area contributed by atoms with Gasteiger partial charge in [-0.15, -0.1) is 6.42 Å². The van der Waals surface area contributed by atoms with Gasteiger partial charge >= 0.3 is 23.9 Å². The number of nitrogens with zero attached hydrogens (tertiary/aromatic N) is 1. The lowest BCUT2D eigenvalue weighted by Gasteiger charge is -2.43. The SMILES string of the molecule is C#CCOCCC(=O)N(C)CC(=O)Nc1cc(CO)ccc1OC1OC(C(=O)OC)C(OC(C)=O)C(OC(C)=O)C1OC(C)=O. The molecule has 2 rings (SSSR count). The number of hydrogen-bond donors (Lipinski definition) is 2. The lowest BCUT2D eigenvalue weighted by atomic mass is 9.97. The number of rotatable bonds is 14. The molecule has 5 unspecified atom stereocenters. The molecule has 16 nitrogen and oxygen atoms in total. The summed E-state index contributed by atoms with van der Waals surface area (Å²) in [5.41, 5.74) is 0.352. The molecule has 1 aliphatic rings. The summed E-state index contributed by atoms with van der Waals surface area (Å²) in [6, 6.07) is 4.16. The number of hydrogen-bond acceptors (Lipinski definition) is 14. The summed E-state index contributed by atoms with van der Waals surface area (Å²) in [4.78, 5) is 75.1. The topological polar surface area (TPSA) is 203 Å². The summed E-state index contributed by atoms with van der Waals surface area (Å²) in [5.74, 6) is -2.52. The summed E-state index contributed by atoms with van der Waals surface area (Å²) in [5, 5.41) is 12.3. The van der Waals surface area contributed by atoms with Crippen LogP contribution in [0.4, 0.5) is 5.69 Å². The molecule has 0 bridgehead atoms. The van der Waals surface area contributed by atoms with Gasteiger partial charge in [-0.25, -0.2) is 4.79 Å². The number of amides is 2. The fourth-order valence-electron chi connectivity index (χ4n) is 4.15. The van der Waals surface area contributed by atoms with E-state index in [4.69, 9.17) is 39.6 Å². The summed E-state index contributed by atoms with van der Waals surface area (Å²) < 4.78 is 37.5. The van der Waals surface area contributed by atoms with E-state index in [1.165, 1.54) is 25.2 Å². The molecular formula is C29H36N2O14. The zero-order chi connectivity index (χ0) is 33.7. The van der Waals surface area contributed by atoms with Crippen molar-refractivity contribution in [3.8, 4) is 18.1 Å². The van der Waals surface area contributed by atoms with Crippen LogP contribution in [0.3, 0.4) is 0 Å². The average Bonchev–Trinajstić information content (AvgIpc) is 2.97. The quantitative estimate of drug-likeness (QED) is 0.116. The first-order valence-corrected chi connectivity index (χ1v) is 13.5. The first-order chi connectivity index (χ1) is 21.3. The van der Waals surface area contributed by atoms with E-state index in [1.807, 2.05) is 0 Å². The second kappa shape index (κ2) is 17.5. The van der Waals surface area contributed by atoms with Crippen molar-refractivity contribution in [2.75, 3.05) is 39.2 Å². The Bertz CT molecular complexity index is 1290. The van der Waals surface area contributed by atoms with Crippen LogP contribution >= 0.6 is 0 Å². The third-order valence-corrected chi connectivity index (χ3v) is 6.03. The lowest BCUT2D eigenvalue weighted by Crippen LogP contribution is -2.64. The van der Waals surface area contributed by atoms with E-state index < -0.39 is 73.0 Å². The van der Waals surface area contributed by atoms with Crippen molar-refractivity contribution < 1.29 is 67.0 Å². The number of methoxy groups -OCH3 is 1. The Balaban J connectivity index is 2.42. The van der Waals surface area contributed by atoms with Gasteiger partial charge in [0.2, 0.25) is 24.2 Å². The Morgan fingerprint density at radius 2 is 1.62 bits per heavy atom. The van der Waals surface area contributed by atoms with E-state index >= 15 is 0 Å². The molecule has 2 amide bonds. The van der Waals surface area contributed by atoms with Crippen LogP contribution in [0.2, 0.25) is 0 Å². The first-order valence-electron chi connectivity index (χ1n) is 13.5. The van der Waals surface area contributed by atoms with Crippen LogP contribution in [0.5, 0.6) is 5.75 Å². The minimum absolute atomic E-state index is 0.00399. The van der Waals surface area contributed by atoms with Crippen LogP contribution in [0, 0.1) is 12.3 Å². The highest BCUT2D eigenvalue weighted by molar-refractivity contribution is 5.95. The molecule has 0 spiro atoms. The van der Waals surface area contributed by atoms with Gasteiger partial charge in [0, 0.05) is 27.8 Å². The van der Waals surface area contributed by atoms with Crippen LogP contribution in [0.1, 0.15) is 32.8 Å². The van der Waals surface area contributed by atoms with Crippen LogP contribution in [-0.2, 0) is 63.8 Å². The second-order valence-electron chi connectivity index (χ2n) is 9.58. The highest BCUT2D eigenvalue weighted by atomic mass is 16.7. The van der Waals surface area contributed by atoms with E-state index in [1.54, 1.807) is 0 Å². The Morgan fingerprint density at radius 3 is 2.20 bits per heavy atom. The third kappa shape index (κ3) is 11.1. The molecule has 1 saturated heterocycles. The van der Waals surface area contributed by atoms with Gasteiger partial charge in [0.05, 0.1) is 39.0 Å². The summed E-state index contributed by atoms with van der Waals surface area (Å²) in [6.45, 7) is 2.44. The number of likely N-dealkylation sites (N-methyl/N-ethyl adjacent to an activating group) is 1. The van der Waals surface area contributed by atoms with Gasteiger partial charge in [0.1, 0.15) is 12.4 Å². The number of anilines is 1. The molecule has 1 heterocycles. The van der Waals surface area contributed by atoms with Gasteiger partial charge in [-0.2, -0.15) is 0 Å². The molecule has 1 aromatic rings. The summed E-state index contributed by atoms with van der Waals surface area (Å²) >= 11 is 0. The number of benzene rings is 1. The van der Waals surface area contributed by atoms with Crippen molar-refractivity contribution in [3.63, 3.8) is 0 Å². The normalized spacial score (nSPS) is 20.5. The minimum atomic E-state index is -1.71. The summed E-state index contributed by atoms with van der Waals surface area (Å²) in [6.07, 6.45) is -3.13. The maximum atomic E-state index is 12.9. The van der Waals surface area contributed by atoms with E-state index in [0.29, 0.717) is 5.56 Å². The predicted octanol–water partition coefficient (Wildman–Crippen LogP) is -0.312. The largest absolute Gasteiger partial charge is 0.467 e. The number of aliphatic hydroxyl groups excluding tert-OH is 1. The number of carbonyl (C=O) groups is 6. The fraction of sp³-hybridized carbons (Fsp3) is 0.517. The number of aliphatic hydroxyl groups is 1. The van der Waals surface area contributed by atoms with Gasteiger partial charge in [0.15, 0.2) is 18.3 Å². The average molecular weight is 637 g/mol. The molecule has 16 heteroatoms. The number of carbonyl (C=O) groups excluding carboxylic acids is 6. The van der Waals surface area contributed by atoms with Gasteiger partial charge in [-0.05, 0) is 17.7 Å². The number of nitrogens with one attached hydrogen (secondary N) is 1. The first kappa shape index (κ1) is 36.5. The zero-order valence-electron chi connectivity index (χ0n) is 25.4. The number of ether oxygens (including phenoxy) is 7. The third-order valence-electron chi connectivity index (χ3n) is 6.03. The van der Waals surface area contributed by atoms with Crippen LogP contribution < -0.4 is 10.1 Å². The maximum absolute atomic E-state index is 12.9. The van der Waals surface area contributed by atoms with Gasteiger partial charge in [0.25, 0.3) is 0 Å². The van der Waals surface area contributed by atoms with E-state index in [-0.39, 0.29) is 37.6 Å². The van der Waals surface area contributed by atoms with Crippen molar-refractivity contribution in [2.24, 2.45) is 0 Å². The second-order valence-corrected chi connectivity index (χ2v) is 9.58. The Morgan fingerprint density at radius 1 is 1.00 bits per heavy atom. The molecule has 246 valence electrons. The zero-order valence-corrected chi connectivity index (χ0v) is 25.4. The van der Waals surface area contributed by atoms with E-state index in [0.717, 1.165) is 32.8 Å². The Hall–Kier alpha value is -4.72. The number of terminal acetylenes is 1. The van der Waals surface area contributed by atoms with Crippen molar-refractivity contribution in [1.82, 2.24) is 4.90 Å². The molecule has 5 atom stereocenters. The van der Waals surface area contributed by atoms with Crippen molar-refractivity contribution >= 4 is 41.4 Å². The molecule has 0 aliphatic carbocycles. The summed E-state index contributed by atoms with van der Waals surface area (Å²) in [7, 11) is 2.45. The monoisotopic (exact) mass is 636 g/mol. The smallest absolute Gasteiger partial charge is 0.339 e. The molecular weight excluding hydrogens is 600 g/mol. The maximum Gasteiger partial charge on any atom is 0.339 e. The van der Waals surface area contributed by atoms with Crippen LogP contribution in [-0.4, -0.2) is 110 Å². The van der Waals surface area contributed by atoms with Crippen LogP contribution in [0.25, 0.3) is 0 Å². The Kier molecular flexibility index (Phi) is 14.2. The van der Waals surface area contributed by atoms with Gasteiger partial charge in [-0.3, -0.25) is 24.0 Å². The van der Waals surface area contributed by atoms with Gasteiger partial charge < -0.3 is 48.5 Å². The molecule has 1 aliphatic heterocycles. The molecule has 1 aromatic carbocycles. The number of esters is 4. The predicted molar refractivity (Wildman–Crippen MR) is 151 cm³/mol. The molecule has 1 fully saturated rings. The van der Waals surface area contributed by atoms with Crippen molar-refractivity contribution in [1.29, 1.82) is 0 Å². The molecule has 45 heavy (non-hydrogen) atoms. The lowest BCUT2D eigenvalue weighted by molar-refractivity contribution is -0.282.